The number of pyridine rings is 1. The average molecular weight is 176 g/mol. The summed E-state index contributed by atoms with van der Waals surface area (Å²) >= 11 is 0. The Morgan fingerprint density at radius 3 is 3.00 bits per heavy atom. The zero-order valence-electron chi connectivity index (χ0n) is 7.53. The lowest BCUT2D eigenvalue weighted by Gasteiger charge is -1.96. The molecular weight excluding hydrogens is 164 g/mol. The third-order valence-corrected chi connectivity index (χ3v) is 1.56. The Labute approximate surface area is 77.3 Å². The van der Waals surface area contributed by atoms with E-state index in [1.54, 1.807) is 24.3 Å². The highest BCUT2D eigenvalue weighted by atomic mass is 16.1. The van der Waals surface area contributed by atoms with Gasteiger partial charge in [-0.3, -0.25) is 4.79 Å². The first-order valence-electron chi connectivity index (χ1n) is 4.08. The number of carbonyl (C=O) groups is 1. The van der Waals surface area contributed by atoms with Gasteiger partial charge >= 0.3 is 0 Å². The number of aromatic nitrogens is 1. The van der Waals surface area contributed by atoms with Crippen LogP contribution in [0.4, 0.5) is 0 Å². The zero-order valence-corrected chi connectivity index (χ0v) is 7.53. The second-order valence-electron chi connectivity index (χ2n) is 2.64. The average Bonchev–Trinajstić information content (AvgIpc) is 2.15. The maximum absolute atomic E-state index is 11.0. The quantitative estimate of drug-likeness (QED) is 0.705. The van der Waals surface area contributed by atoms with Crippen molar-refractivity contribution >= 4 is 11.9 Å². The molecule has 0 aliphatic rings. The summed E-state index contributed by atoms with van der Waals surface area (Å²) in [4.78, 5) is 15.1. The first-order chi connectivity index (χ1) is 6.24. The van der Waals surface area contributed by atoms with Gasteiger partial charge in [0.1, 0.15) is 5.69 Å². The van der Waals surface area contributed by atoms with Crippen LogP contribution in [0.1, 0.15) is 23.1 Å². The fourth-order valence-corrected chi connectivity index (χ4v) is 0.929. The van der Waals surface area contributed by atoms with Crippen LogP contribution in [0.2, 0.25) is 0 Å². The van der Waals surface area contributed by atoms with E-state index in [-0.39, 0.29) is 5.78 Å². The normalized spacial score (nSPS) is 10.6. The molecule has 0 saturated heterocycles. The molecule has 2 N–H and O–H groups in total. The molecule has 0 unspecified atom stereocenters. The van der Waals surface area contributed by atoms with E-state index in [2.05, 4.69) is 4.98 Å². The number of carbonyl (C=O) groups excluding carboxylic acids is 1. The maximum Gasteiger partial charge on any atom is 0.178 e. The minimum Gasteiger partial charge on any atom is -0.327 e. The van der Waals surface area contributed by atoms with Crippen molar-refractivity contribution < 1.29 is 4.79 Å². The van der Waals surface area contributed by atoms with Crippen LogP contribution in [0.15, 0.2) is 24.3 Å². The van der Waals surface area contributed by atoms with E-state index in [4.69, 9.17) is 5.73 Å². The van der Waals surface area contributed by atoms with Crippen LogP contribution in [0.5, 0.6) is 0 Å². The molecule has 1 aromatic rings. The Hall–Kier alpha value is -1.48. The number of rotatable bonds is 3. The molecule has 0 fully saturated rings. The molecule has 0 amide bonds. The fraction of sp³-hybridized carbons (Fsp3) is 0.200. The largest absolute Gasteiger partial charge is 0.327 e. The van der Waals surface area contributed by atoms with Gasteiger partial charge in [0.15, 0.2) is 5.78 Å². The molecule has 1 heterocycles. The molecule has 1 rings (SSSR count). The second kappa shape index (κ2) is 4.52. The van der Waals surface area contributed by atoms with E-state index >= 15 is 0 Å². The van der Waals surface area contributed by atoms with Gasteiger partial charge in [-0.2, -0.15) is 0 Å². The number of nitrogens with zero attached hydrogens (tertiary/aromatic N) is 1. The molecule has 3 nitrogen and oxygen atoms in total. The standard InChI is InChI=1S/C10H12N2O/c1-8(13)10-6-2-4-9(12-10)5-3-7-11/h2-6H,7,11H2,1H3. The molecule has 0 radical (unpaired) electrons. The Bertz CT molecular complexity index is 331. The van der Waals surface area contributed by atoms with E-state index in [1.807, 2.05) is 6.07 Å². The Balaban J connectivity index is 2.92. The van der Waals surface area contributed by atoms with Crippen molar-refractivity contribution in [2.75, 3.05) is 6.54 Å². The molecule has 1 aromatic heterocycles. The molecule has 0 bridgehead atoms. The summed E-state index contributed by atoms with van der Waals surface area (Å²) in [5.74, 6) is -0.0250. The van der Waals surface area contributed by atoms with Gasteiger partial charge in [-0.1, -0.05) is 12.1 Å². The second-order valence-corrected chi connectivity index (χ2v) is 2.64. The third kappa shape index (κ3) is 2.80. The van der Waals surface area contributed by atoms with Crippen LogP contribution in [0.25, 0.3) is 6.08 Å². The van der Waals surface area contributed by atoms with E-state index < -0.39 is 0 Å². The highest BCUT2D eigenvalue weighted by Gasteiger charge is 1.99. The third-order valence-electron chi connectivity index (χ3n) is 1.56. The lowest BCUT2D eigenvalue weighted by molar-refractivity contribution is 0.101. The number of ketones is 1. The van der Waals surface area contributed by atoms with Crippen molar-refractivity contribution in [1.29, 1.82) is 0 Å². The predicted octanol–water partition coefficient (Wildman–Crippen LogP) is 1.26. The van der Waals surface area contributed by atoms with E-state index in [0.29, 0.717) is 12.2 Å². The topological polar surface area (TPSA) is 56.0 Å². The summed E-state index contributed by atoms with van der Waals surface area (Å²) in [6, 6.07) is 5.33. The van der Waals surface area contributed by atoms with Gasteiger partial charge in [0.25, 0.3) is 0 Å². The van der Waals surface area contributed by atoms with Crippen molar-refractivity contribution in [3.05, 3.63) is 35.7 Å². The van der Waals surface area contributed by atoms with Crippen molar-refractivity contribution in [3.8, 4) is 0 Å². The number of hydrogen-bond acceptors (Lipinski definition) is 3. The van der Waals surface area contributed by atoms with Crippen molar-refractivity contribution in [3.63, 3.8) is 0 Å². The molecule has 3 heteroatoms. The Kier molecular flexibility index (Phi) is 3.34. The number of Topliss-reactive ketones (excluding diaryl/α,β-unsaturated/α-hetero) is 1. The van der Waals surface area contributed by atoms with Gasteiger partial charge in [-0.05, 0) is 18.2 Å². The summed E-state index contributed by atoms with van der Waals surface area (Å²) < 4.78 is 0. The minimum absolute atomic E-state index is 0.0250. The molecule has 0 aliphatic carbocycles. The van der Waals surface area contributed by atoms with Crippen LogP contribution < -0.4 is 5.73 Å². The summed E-state index contributed by atoms with van der Waals surface area (Å²) in [7, 11) is 0. The van der Waals surface area contributed by atoms with Crippen LogP contribution in [0.3, 0.4) is 0 Å². The SMILES string of the molecule is CC(=O)c1cccc(C=CCN)n1. The van der Waals surface area contributed by atoms with Crippen LogP contribution >= 0.6 is 0 Å². The molecule has 0 aliphatic heterocycles. The number of nitrogens with two attached hydrogens (primary N) is 1. The lowest BCUT2D eigenvalue weighted by atomic mass is 10.2. The lowest BCUT2D eigenvalue weighted by Crippen LogP contribution is -1.97. The van der Waals surface area contributed by atoms with Crippen molar-refractivity contribution in [2.24, 2.45) is 5.73 Å². The Morgan fingerprint density at radius 1 is 1.62 bits per heavy atom. The monoisotopic (exact) mass is 176 g/mol. The minimum atomic E-state index is -0.0250. The van der Waals surface area contributed by atoms with E-state index in [1.165, 1.54) is 6.92 Å². The zero-order chi connectivity index (χ0) is 9.68. The van der Waals surface area contributed by atoms with Gasteiger partial charge in [-0.25, -0.2) is 4.98 Å². The van der Waals surface area contributed by atoms with Gasteiger partial charge in [0, 0.05) is 13.5 Å². The molecule has 68 valence electrons. The van der Waals surface area contributed by atoms with Crippen LogP contribution in [-0.2, 0) is 0 Å². The summed E-state index contributed by atoms with van der Waals surface area (Å²) in [6.07, 6.45) is 3.60. The van der Waals surface area contributed by atoms with Crippen LogP contribution in [0, 0.1) is 0 Å². The van der Waals surface area contributed by atoms with Gasteiger partial charge in [-0.15, -0.1) is 0 Å². The summed E-state index contributed by atoms with van der Waals surface area (Å²) in [5.41, 5.74) is 6.54. The van der Waals surface area contributed by atoms with Crippen LogP contribution in [-0.4, -0.2) is 17.3 Å². The molecular formula is C10H12N2O. The summed E-state index contributed by atoms with van der Waals surface area (Å²) in [5, 5.41) is 0. The number of hydrogen-bond donors (Lipinski definition) is 1. The predicted molar refractivity (Wildman–Crippen MR) is 52.3 cm³/mol. The van der Waals surface area contributed by atoms with E-state index in [9.17, 15) is 4.79 Å². The van der Waals surface area contributed by atoms with Crippen molar-refractivity contribution in [2.45, 2.75) is 6.92 Å². The van der Waals surface area contributed by atoms with Gasteiger partial charge < -0.3 is 5.73 Å². The van der Waals surface area contributed by atoms with Crippen molar-refractivity contribution in [1.82, 2.24) is 4.98 Å². The summed E-state index contributed by atoms with van der Waals surface area (Å²) in [6.45, 7) is 1.98. The molecule has 0 aromatic carbocycles. The fourth-order valence-electron chi connectivity index (χ4n) is 0.929. The van der Waals surface area contributed by atoms with Gasteiger partial charge in [0.2, 0.25) is 0 Å². The molecule has 13 heavy (non-hydrogen) atoms. The van der Waals surface area contributed by atoms with E-state index in [0.717, 1.165) is 5.69 Å². The maximum atomic E-state index is 11.0. The van der Waals surface area contributed by atoms with Gasteiger partial charge in [0.05, 0.1) is 5.69 Å². The molecule has 0 saturated carbocycles. The molecule has 0 atom stereocenters. The Morgan fingerprint density at radius 2 is 2.38 bits per heavy atom. The highest BCUT2D eigenvalue weighted by molar-refractivity contribution is 5.92. The highest BCUT2D eigenvalue weighted by Crippen LogP contribution is 2.01. The smallest absolute Gasteiger partial charge is 0.178 e. The molecule has 0 spiro atoms. The first-order valence-corrected chi connectivity index (χ1v) is 4.08. The first kappa shape index (κ1) is 9.61.